The summed E-state index contributed by atoms with van der Waals surface area (Å²) in [6, 6.07) is 9.89. The molecular formula is C12H14O. The molecule has 1 aromatic rings. The largest absolute Gasteiger partial charge is 0.396 e. The molecule has 0 radical (unpaired) electrons. The van der Waals surface area contributed by atoms with Gasteiger partial charge in [0.15, 0.2) is 0 Å². The monoisotopic (exact) mass is 174 g/mol. The summed E-state index contributed by atoms with van der Waals surface area (Å²) < 4.78 is 0. The maximum Gasteiger partial charge on any atom is 0.0442 e. The van der Waals surface area contributed by atoms with Crippen LogP contribution in [0.3, 0.4) is 0 Å². The first-order chi connectivity index (χ1) is 6.33. The van der Waals surface area contributed by atoms with Gasteiger partial charge in [-0.15, -0.1) is 0 Å². The van der Waals surface area contributed by atoms with Gasteiger partial charge in [-0.3, -0.25) is 0 Å². The maximum atomic E-state index is 8.67. The zero-order valence-corrected chi connectivity index (χ0v) is 7.83. The molecule has 1 unspecified atom stereocenters. The van der Waals surface area contributed by atoms with Crippen LogP contribution in [0.1, 0.15) is 18.9 Å². The summed E-state index contributed by atoms with van der Waals surface area (Å²) >= 11 is 0. The van der Waals surface area contributed by atoms with Gasteiger partial charge < -0.3 is 5.11 Å². The third-order valence-corrected chi connectivity index (χ3v) is 1.80. The minimum Gasteiger partial charge on any atom is -0.396 e. The molecule has 0 aliphatic heterocycles. The van der Waals surface area contributed by atoms with Gasteiger partial charge in [-0.2, -0.15) is 0 Å². The molecule has 0 amide bonds. The molecule has 0 saturated heterocycles. The number of rotatable bonds is 2. The predicted octanol–water partition coefficient (Wildman–Crippen LogP) is 2.06. The van der Waals surface area contributed by atoms with Gasteiger partial charge >= 0.3 is 0 Å². The summed E-state index contributed by atoms with van der Waals surface area (Å²) in [7, 11) is 0. The van der Waals surface area contributed by atoms with Gasteiger partial charge in [0.2, 0.25) is 0 Å². The Kier molecular flexibility index (Phi) is 4.08. The fourth-order valence-corrected chi connectivity index (χ4v) is 0.994. The Labute approximate surface area is 79.4 Å². The fourth-order valence-electron chi connectivity index (χ4n) is 0.994. The van der Waals surface area contributed by atoms with Crippen LogP contribution in [0.15, 0.2) is 30.3 Å². The minimum atomic E-state index is 0.213. The summed E-state index contributed by atoms with van der Waals surface area (Å²) in [5.41, 5.74) is 1.03. The number of aliphatic hydroxyl groups excluding tert-OH is 1. The molecule has 0 fully saturated rings. The van der Waals surface area contributed by atoms with Crippen molar-refractivity contribution in [1.29, 1.82) is 0 Å². The first-order valence-corrected chi connectivity index (χ1v) is 4.50. The van der Waals surface area contributed by atoms with Crippen LogP contribution in [-0.2, 0) is 0 Å². The van der Waals surface area contributed by atoms with Crippen LogP contribution in [0.25, 0.3) is 0 Å². The number of aliphatic hydroxyl groups is 1. The van der Waals surface area contributed by atoms with E-state index in [1.807, 2.05) is 37.3 Å². The molecule has 1 N–H and O–H groups in total. The van der Waals surface area contributed by atoms with Crippen LogP contribution in [0, 0.1) is 17.8 Å². The smallest absolute Gasteiger partial charge is 0.0442 e. The second kappa shape index (κ2) is 5.40. The molecule has 13 heavy (non-hydrogen) atoms. The highest BCUT2D eigenvalue weighted by Gasteiger charge is 1.93. The molecule has 68 valence electrons. The van der Waals surface area contributed by atoms with Crippen LogP contribution in [0.5, 0.6) is 0 Å². The zero-order valence-electron chi connectivity index (χ0n) is 7.83. The van der Waals surface area contributed by atoms with Crippen LogP contribution in [0.2, 0.25) is 0 Å². The normalized spacial score (nSPS) is 11.5. The molecule has 0 aliphatic rings. The van der Waals surface area contributed by atoms with Crippen molar-refractivity contribution in [2.45, 2.75) is 13.3 Å². The maximum absolute atomic E-state index is 8.67. The number of benzene rings is 1. The van der Waals surface area contributed by atoms with Crippen molar-refractivity contribution in [1.82, 2.24) is 0 Å². The molecule has 1 nitrogen and oxygen atoms in total. The van der Waals surface area contributed by atoms with E-state index in [9.17, 15) is 0 Å². The van der Waals surface area contributed by atoms with Gasteiger partial charge in [0.25, 0.3) is 0 Å². The summed E-state index contributed by atoms with van der Waals surface area (Å²) in [5, 5.41) is 8.67. The fraction of sp³-hybridized carbons (Fsp3) is 0.333. The highest BCUT2D eigenvalue weighted by molar-refractivity contribution is 5.33. The summed E-state index contributed by atoms with van der Waals surface area (Å²) in [6.07, 6.45) is 0.750. The van der Waals surface area contributed by atoms with E-state index in [4.69, 9.17) is 5.11 Å². The van der Waals surface area contributed by atoms with E-state index in [2.05, 4.69) is 11.8 Å². The van der Waals surface area contributed by atoms with Crippen molar-refractivity contribution in [3.05, 3.63) is 35.9 Å². The van der Waals surface area contributed by atoms with Crippen LogP contribution in [-0.4, -0.2) is 11.7 Å². The Balaban J connectivity index is 2.57. The lowest BCUT2D eigenvalue weighted by Crippen LogP contribution is -1.93. The predicted molar refractivity (Wildman–Crippen MR) is 54.2 cm³/mol. The average Bonchev–Trinajstić information content (AvgIpc) is 2.17. The van der Waals surface area contributed by atoms with Crippen LogP contribution < -0.4 is 0 Å². The summed E-state index contributed by atoms with van der Waals surface area (Å²) in [5.74, 6) is 6.43. The number of hydrogen-bond donors (Lipinski definition) is 1. The molecule has 0 aliphatic carbocycles. The summed E-state index contributed by atoms with van der Waals surface area (Å²) in [4.78, 5) is 0. The Bertz CT molecular complexity index is 292. The number of hydrogen-bond acceptors (Lipinski definition) is 1. The average molecular weight is 174 g/mol. The van der Waals surface area contributed by atoms with E-state index >= 15 is 0 Å². The molecule has 0 bridgehead atoms. The lowest BCUT2D eigenvalue weighted by atomic mass is 10.1. The molecule has 1 heteroatoms. The van der Waals surface area contributed by atoms with Crippen molar-refractivity contribution < 1.29 is 5.11 Å². The highest BCUT2D eigenvalue weighted by Crippen LogP contribution is 2.00. The minimum absolute atomic E-state index is 0.213. The zero-order chi connectivity index (χ0) is 9.52. The van der Waals surface area contributed by atoms with Crippen molar-refractivity contribution >= 4 is 0 Å². The van der Waals surface area contributed by atoms with Gasteiger partial charge in [0.05, 0.1) is 0 Å². The Morgan fingerprint density at radius 1 is 1.31 bits per heavy atom. The summed E-state index contributed by atoms with van der Waals surface area (Å²) in [6.45, 7) is 2.23. The van der Waals surface area contributed by atoms with Crippen LogP contribution >= 0.6 is 0 Å². The SMILES string of the molecule is CC(C#Cc1ccccc1)CCO. The molecule has 0 spiro atoms. The van der Waals surface area contributed by atoms with E-state index < -0.39 is 0 Å². The standard InChI is InChI=1S/C12H14O/c1-11(9-10-13)7-8-12-5-3-2-4-6-12/h2-6,11,13H,9-10H2,1H3. The van der Waals surface area contributed by atoms with Crippen molar-refractivity contribution in [3.8, 4) is 11.8 Å². The Morgan fingerprint density at radius 3 is 2.62 bits per heavy atom. The molecule has 1 atom stereocenters. The van der Waals surface area contributed by atoms with Gasteiger partial charge in [-0.25, -0.2) is 0 Å². The van der Waals surface area contributed by atoms with Gasteiger partial charge in [-0.1, -0.05) is 37.0 Å². The molecule has 0 aromatic heterocycles. The first kappa shape index (κ1) is 9.83. The van der Waals surface area contributed by atoms with Gasteiger partial charge in [0.1, 0.15) is 0 Å². The first-order valence-electron chi connectivity index (χ1n) is 4.50. The molecular weight excluding hydrogens is 160 g/mol. The highest BCUT2D eigenvalue weighted by atomic mass is 16.2. The van der Waals surface area contributed by atoms with Crippen LogP contribution in [0.4, 0.5) is 0 Å². The molecule has 1 aromatic carbocycles. The molecule has 0 heterocycles. The topological polar surface area (TPSA) is 20.2 Å². The van der Waals surface area contributed by atoms with Crippen molar-refractivity contribution in [3.63, 3.8) is 0 Å². The third-order valence-electron chi connectivity index (χ3n) is 1.80. The van der Waals surface area contributed by atoms with E-state index in [1.165, 1.54) is 0 Å². The van der Waals surface area contributed by atoms with Gasteiger partial charge in [0, 0.05) is 18.1 Å². The van der Waals surface area contributed by atoms with Gasteiger partial charge in [-0.05, 0) is 18.6 Å². The third kappa shape index (κ3) is 3.78. The van der Waals surface area contributed by atoms with E-state index in [0.29, 0.717) is 0 Å². The Morgan fingerprint density at radius 2 is 2.00 bits per heavy atom. The van der Waals surface area contributed by atoms with Crippen molar-refractivity contribution in [2.24, 2.45) is 5.92 Å². The van der Waals surface area contributed by atoms with E-state index in [-0.39, 0.29) is 12.5 Å². The van der Waals surface area contributed by atoms with E-state index in [1.54, 1.807) is 0 Å². The van der Waals surface area contributed by atoms with E-state index in [0.717, 1.165) is 12.0 Å². The van der Waals surface area contributed by atoms with Crippen molar-refractivity contribution in [2.75, 3.05) is 6.61 Å². The second-order valence-electron chi connectivity index (χ2n) is 3.05. The molecule has 0 saturated carbocycles. The Hall–Kier alpha value is -1.26. The lowest BCUT2D eigenvalue weighted by Gasteiger charge is -1.97. The quantitative estimate of drug-likeness (QED) is 0.680. The lowest BCUT2D eigenvalue weighted by molar-refractivity contribution is 0.276. The second-order valence-corrected chi connectivity index (χ2v) is 3.05. The molecule has 1 rings (SSSR count).